The van der Waals surface area contributed by atoms with Gasteiger partial charge >= 0.3 is 0 Å². The molecule has 1 aromatic heterocycles. The minimum atomic E-state index is -3.06. The lowest BCUT2D eigenvalue weighted by Gasteiger charge is -2.36. The number of alkyl halides is 2. The molecular weight excluding hydrogens is 506 g/mol. The maximum absolute atomic E-state index is 14.5. The third-order valence-corrected chi connectivity index (χ3v) is 10.1. The van der Waals surface area contributed by atoms with Gasteiger partial charge in [0.05, 0.1) is 34.2 Å². The van der Waals surface area contributed by atoms with Gasteiger partial charge in [0.25, 0.3) is 0 Å². The van der Waals surface area contributed by atoms with Crippen molar-refractivity contribution in [2.75, 3.05) is 29.5 Å². The average molecular weight is 535 g/mol. The van der Waals surface area contributed by atoms with Crippen LogP contribution in [-0.4, -0.2) is 55.4 Å². The van der Waals surface area contributed by atoms with Gasteiger partial charge in [-0.3, -0.25) is 4.79 Å². The zero-order valence-corrected chi connectivity index (χ0v) is 21.6. The lowest BCUT2D eigenvalue weighted by atomic mass is 9.75. The van der Waals surface area contributed by atoms with Crippen LogP contribution in [0.4, 0.5) is 14.5 Å². The summed E-state index contributed by atoms with van der Waals surface area (Å²) < 4.78 is 53.0. The summed E-state index contributed by atoms with van der Waals surface area (Å²) in [6.45, 7) is 2.60. The summed E-state index contributed by atoms with van der Waals surface area (Å²) >= 11 is 1.42. The molecule has 1 saturated heterocycles. The molecule has 1 aromatic carbocycles. The first-order valence-corrected chi connectivity index (χ1v) is 14.8. The molecule has 5 rings (SSSR count). The number of hydrogen-bond donors (Lipinski definition) is 1. The zero-order valence-electron chi connectivity index (χ0n) is 20.0. The Morgan fingerprint density at radius 1 is 1.22 bits per heavy atom. The summed E-state index contributed by atoms with van der Waals surface area (Å²) in [6.07, 6.45) is 0.336. The Morgan fingerprint density at radius 2 is 1.92 bits per heavy atom. The summed E-state index contributed by atoms with van der Waals surface area (Å²) in [6, 6.07) is 9.71. The Kier molecular flexibility index (Phi) is 6.32. The third-order valence-electron chi connectivity index (χ3n) is 7.43. The quantitative estimate of drug-likeness (QED) is 0.621. The van der Waals surface area contributed by atoms with Crippen molar-refractivity contribution in [1.29, 1.82) is 5.26 Å². The standard InChI is InChI=1S/C25H28F2N4O3S2/c1-16-29-21(18-4-2-3-5-20(18)31-10-12-36(33,34)13-11-31)22(35-16)17-6-7-25(26,27)14-19(17)23(32)30-24(15-28)8-9-24/h2-5,17,19H,6-14H2,1H3,(H,30,32)/t17-,19-/m1/s1. The molecule has 3 fully saturated rings. The largest absolute Gasteiger partial charge is 0.369 e. The molecule has 2 aromatic rings. The SMILES string of the molecule is Cc1nc(-c2ccccc2N2CCS(=O)(=O)CC2)c([C@@H]2CCC(F)(F)C[C@H]2C(=O)NC2(C#N)CC2)s1. The van der Waals surface area contributed by atoms with E-state index in [1.54, 1.807) is 0 Å². The number of aromatic nitrogens is 1. The molecule has 3 aliphatic rings. The predicted octanol–water partition coefficient (Wildman–Crippen LogP) is 4.04. The van der Waals surface area contributed by atoms with Gasteiger partial charge in [-0.2, -0.15) is 5.26 Å². The number of amides is 1. The molecule has 11 heteroatoms. The first-order valence-electron chi connectivity index (χ1n) is 12.1. The summed E-state index contributed by atoms with van der Waals surface area (Å²) in [5, 5.41) is 12.9. The van der Waals surface area contributed by atoms with E-state index < -0.39 is 45.5 Å². The van der Waals surface area contributed by atoms with Gasteiger partial charge in [0.2, 0.25) is 11.8 Å². The third kappa shape index (κ3) is 4.98. The Morgan fingerprint density at radius 3 is 2.58 bits per heavy atom. The Bertz CT molecular complexity index is 1320. The van der Waals surface area contributed by atoms with Gasteiger partial charge in [-0.25, -0.2) is 22.2 Å². The highest BCUT2D eigenvalue weighted by atomic mass is 32.2. The van der Waals surface area contributed by atoms with E-state index in [9.17, 15) is 27.3 Å². The number of sulfone groups is 1. The number of nitrogens with zero attached hydrogens (tertiary/aromatic N) is 3. The van der Waals surface area contributed by atoms with E-state index in [0.717, 1.165) is 21.1 Å². The first-order chi connectivity index (χ1) is 17.0. The van der Waals surface area contributed by atoms with Crippen LogP contribution < -0.4 is 10.2 Å². The van der Waals surface area contributed by atoms with Crippen molar-refractivity contribution in [3.63, 3.8) is 0 Å². The van der Waals surface area contributed by atoms with Gasteiger partial charge < -0.3 is 10.2 Å². The van der Waals surface area contributed by atoms with Crippen LogP contribution in [0.15, 0.2) is 24.3 Å². The van der Waals surface area contributed by atoms with Gasteiger partial charge in [0.1, 0.15) is 5.54 Å². The molecule has 1 amide bonds. The molecule has 0 bridgehead atoms. The second-order valence-corrected chi connectivity index (χ2v) is 13.6. The summed E-state index contributed by atoms with van der Waals surface area (Å²) in [5.74, 6) is -4.71. The van der Waals surface area contributed by atoms with Crippen molar-refractivity contribution >= 4 is 32.8 Å². The maximum Gasteiger partial charge on any atom is 0.249 e. The summed E-state index contributed by atoms with van der Waals surface area (Å²) in [4.78, 5) is 20.8. The van der Waals surface area contributed by atoms with E-state index in [1.165, 1.54) is 11.3 Å². The molecule has 1 N–H and O–H groups in total. The van der Waals surface area contributed by atoms with Crippen LogP contribution in [0.25, 0.3) is 11.3 Å². The van der Waals surface area contributed by atoms with Crippen molar-refractivity contribution < 1.29 is 22.0 Å². The topological polar surface area (TPSA) is 103 Å². The molecule has 2 aliphatic carbocycles. The normalized spacial score (nSPS) is 26.1. The molecule has 7 nitrogen and oxygen atoms in total. The molecule has 2 heterocycles. The smallest absolute Gasteiger partial charge is 0.249 e. The fraction of sp³-hybridized carbons (Fsp3) is 0.560. The maximum atomic E-state index is 14.5. The number of hydrogen-bond acceptors (Lipinski definition) is 7. The Hall–Kier alpha value is -2.58. The lowest BCUT2D eigenvalue weighted by molar-refractivity contribution is -0.134. The number of anilines is 1. The number of benzene rings is 1. The van der Waals surface area contributed by atoms with Crippen molar-refractivity contribution in [1.82, 2.24) is 10.3 Å². The summed E-state index contributed by atoms with van der Waals surface area (Å²) in [7, 11) is -3.06. The van der Waals surface area contributed by atoms with Crippen LogP contribution in [0.3, 0.4) is 0 Å². The monoisotopic (exact) mass is 534 g/mol. The predicted molar refractivity (Wildman–Crippen MR) is 134 cm³/mol. The number of nitrogens with one attached hydrogen (secondary N) is 1. The average Bonchev–Trinajstić information content (AvgIpc) is 3.50. The number of nitriles is 1. The van der Waals surface area contributed by atoms with E-state index in [2.05, 4.69) is 11.4 Å². The molecule has 0 radical (unpaired) electrons. The number of carbonyl (C=O) groups is 1. The lowest BCUT2D eigenvalue weighted by Crippen LogP contribution is -2.45. The summed E-state index contributed by atoms with van der Waals surface area (Å²) in [5.41, 5.74) is 1.39. The van der Waals surface area contributed by atoms with Crippen LogP contribution in [0.1, 0.15) is 47.9 Å². The first kappa shape index (κ1) is 25.1. The number of rotatable bonds is 5. The molecule has 0 spiro atoms. The Balaban J connectivity index is 1.51. The van der Waals surface area contributed by atoms with Crippen LogP contribution in [0.2, 0.25) is 0 Å². The van der Waals surface area contributed by atoms with Gasteiger partial charge in [0, 0.05) is 48.0 Å². The second-order valence-electron chi connectivity index (χ2n) is 10.1. The van der Waals surface area contributed by atoms with E-state index in [0.29, 0.717) is 31.6 Å². The van der Waals surface area contributed by atoms with Crippen LogP contribution in [-0.2, 0) is 14.6 Å². The molecule has 0 unspecified atom stereocenters. The van der Waals surface area contributed by atoms with Crippen molar-refractivity contribution in [3.05, 3.63) is 34.2 Å². The fourth-order valence-corrected chi connectivity index (χ4v) is 7.57. The van der Waals surface area contributed by atoms with Crippen molar-refractivity contribution in [2.24, 2.45) is 5.92 Å². The molecule has 36 heavy (non-hydrogen) atoms. The number of carbonyl (C=O) groups excluding carboxylic acids is 1. The molecule has 1 aliphatic heterocycles. The molecular formula is C25H28F2N4O3S2. The number of halogens is 2. The zero-order chi connectivity index (χ0) is 25.7. The highest BCUT2D eigenvalue weighted by Crippen LogP contribution is 2.50. The molecule has 192 valence electrons. The number of thiazole rings is 1. The van der Waals surface area contributed by atoms with Crippen LogP contribution in [0.5, 0.6) is 0 Å². The van der Waals surface area contributed by atoms with Gasteiger partial charge in [-0.05, 0) is 32.3 Å². The van der Waals surface area contributed by atoms with Gasteiger partial charge in [-0.1, -0.05) is 18.2 Å². The van der Waals surface area contributed by atoms with E-state index in [-0.39, 0.29) is 24.3 Å². The minimum Gasteiger partial charge on any atom is -0.369 e. The number of para-hydroxylation sites is 1. The fourth-order valence-electron chi connectivity index (χ4n) is 5.23. The Labute approximate surface area is 213 Å². The van der Waals surface area contributed by atoms with E-state index >= 15 is 0 Å². The van der Waals surface area contributed by atoms with Crippen LogP contribution >= 0.6 is 11.3 Å². The van der Waals surface area contributed by atoms with Crippen molar-refractivity contribution in [2.45, 2.75) is 56.4 Å². The van der Waals surface area contributed by atoms with Crippen molar-refractivity contribution in [3.8, 4) is 17.3 Å². The van der Waals surface area contributed by atoms with Gasteiger partial charge in [0.15, 0.2) is 9.84 Å². The minimum absolute atomic E-state index is 0.0743. The van der Waals surface area contributed by atoms with Gasteiger partial charge in [-0.15, -0.1) is 11.3 Å². The van der Waals surface area contributed by atoms with E-state index in [4.69, 9.17) is 4.98 Å². The molecule has 2 atom stereocenters. The second kappa shape index (κ2) is 9.06. The molecule has 2 saturated carbocycles. The van der Waals surface area contributed by atoms with Crippen LogP contribution in [0, 0.1) is 24.2 Å². The highest BCUT2D eigenvalue weighted by Gasteiger charge is 2.50. The van der Waals surface area contributed by atoms with E-state index in [1.807, 2.05) is 36.1 Å². The number of aryl methyl sites for hydroxylation is 1. The highest BCUT2D eigenvalue weighted by molar-refractivity contribution is 7.91.